The third-order valence-corrected chi connectivity index (χ3v) is 2.08. The Hall–Kier alpha value is -2.37. The molecule has 2 rings (SSSR count). The van der Waals surface area contributed by atoms with Crippen molar-refractivity contribution in [3.8, 4) is 0 Å². The van der Waals surface area contributed by atoms with Crippen LogP contribution in [-0.2, 0) is 0 Å². The zero-order chi connectivity index (χ0) is 11.5. The van der Waals surface area contributed by atoms with Crippen molar-refractivity contribution >= 4 is 17.5 Å². The molecule has 0 aromatic carbocycles. The smallest absolute Gasteiger partial charge is 0.273 e. The summed E-state index contributed by atoms with van der Waals surface area (Å²) < 4.78 is 0. The number of ketones is 1. The van der Waals surface area contributed by atoms with Gasteiger partial charge in [-0.05, 0) is 13.0 Å². The number of carbonyl (C=O) groups excluding carboxylic acids is 2. The van der Waals surface area contributed by atoms with E-state index >= 15 is 0 Å². The summed E-state index contributed by atoms with van der Waals surface area (Å²) in [7, 11) is 0. The van der Waals surface area contributed by atoms with E-state index in [1.807, 2.05) is 0 Å². The van der Waals surface area contributed by atoms with Gasteiger partial charge in [0.1, 0.15) is 11.5 Å². The monoisotopic (exact) mass is 218 g/mol. The third kappa shape index (κ3) is 2.00. The van der Waals surface area contributed by atoms with E-state index in [9.17, 15) is 9.59 Å². The molecule has 2 aromatic rings. The summed E-state index contributed by atoms with van der Waals surface area (Å²) in [5, 5.41) is 8.89. The number of aromatic amines is 2. The fraction of sp³-hybridized carbons (Fsp3) is 0.100. The fourth-order valence-corrected chi connectivity index (χ4v) is 1.24. The van der Waals surface area contributed by atoms with E-state index in [0.29, 0.717) is 17.1 Å². The molecule has 16 heavy (non-hydrogen) atoms. The van der Waals surface area contributed by atoms with Crippen LogP contribution in [0.25, 0.3) is 0 Å². The molecule has 2 heterocycles. The van der Waals surface area contributed by atoms with Gasteiger partial charge in [-0.2, -0.15) is 5.10 Å². The second-order valence-corrected chi connectivity index (χ2v) is 3.28. The molecule has 0 saturated heterocycles. The lowest BCUT2D eigenvalue weighted by atomic mass is 10.2. The Morgan fingerprint density at radius 3 is 2.81 bits per heavy atom. The molecule has 0 unspecified atom stereocenters. The molecule has 0 aliphatic heterocycles. The van der Waals surface area contributed by atoms with Crippen LogP contribution in [0, 0.1) is 0 Å². The summed E-state index contributed by atoms with van der Waals surface area (Å²) in [6, 6.07) is 3.14. The van der Waals surface area contributed by atoms with Crippen LogP contribution >= 0.6 is 0 Å². The van der Waals surface area contributed by atoms with E-state index in [4.69, 9.17) is 0 Å². The van der Waals surface area contributed by atoms with E-state index in [1.54, 1.807) is 6.07 Å². The van der Waals surface area contributed by atoms with Crippen molar-refractivity contribution in [3.05, 3.63) is 35.8 Å². The molecule has 3 N–H and O–H groups in total. The van der Waals surface area contributed by atoms with Crippen LogP contribution in [0.15, 0.2) is 24.5 Å². The Balaban J connectivity index is 2.12. The van der Waals surface area contributed by atoms with Gasteiger partial charge < -0.3 is 10.3 Å². The highest BCUT2D eigenvalue weighted by Crippen LogP contribution is 2.07. The average Bonchev–Trinajstić information content (AvgIpc) is 2.86. The van der Waals surface area contributed by atoms with Crippen LogP contribution in [0.1, 0.15) is 27.8 Å². The number of anilines is 1. The molecule has 0 aliphatic carbocycles. The van der Waals surface area contributed by atoms with Crippen molar-refractivity contribution < 1.29 is 9.59 Å². The number of H-pyrrole nitrogens is 2. The molecule has 82 valence electrons. The summed E-state index contributed by atoms with van der Waals surface area (Å²) >= 11 is 0. The van der Waals surface area contributed by atoms with Crippen LogP contribution in [0.4, 0.5) is 5.82 Å². The number of rotatable bonds is 3. The third-order valence-electron chi connectivity index (χ3n) is 2.08. The minimum Gasteiger partial charge on any atom is -0.356 e. The number of hydrogen-bond donors (Lipinski definition) is 3. The summed E-state index contributed by atoms with van der Waals surface area (Å²) in [4.78, 5) is 25.4. The summed E-state index contributed by atoms with van der Waals surface area (Å²) in [6.07, 6.45) is 3.04. The normalized spacial score (nSPS) is 10.1. The molecule has 1 amide bonds. The molecule has 0 spiro atoms. The lowest BCUT2D eigenvalue weighted by Gasteiger charge is -1.98. The van der Waals surface area contributed by atoms with Gasteiger partial charge in [-0.25, -0.2) is 0 Å². The molecule has 6 heteroatoms. The minimum absolute atomic E-state index is 0.0863. The lowest BCUT2D eigenvalue weighted by Crippen LogP contribution is -2.12. The lowest BCUT2D eigenvalue weighted by molar-refractivity contribution is 0.101. The van der Waals surface area contributed by atoms with Crippen LogP contribution in [-0.4, -0.2) is 26.9 Å². The van der Waals surface area contributed by atoms with Crippen LogP contribution in [0.2, 0.25) is 0 Å². The quantitative estimate of drug-likeness (QED) is 0.676. The molecule has 0 atom stereocenters. The number of nitrogens with zero attached hydrogens (tertiary/aromatic N) is 1. The molecular formula is C10H10N4O2. The molecule has 0 saturated carbocycles. The summed E-state index contributed by atoms with van der Waals surface area (Å²) in [5.41, 5.74) is 0.814. The number of Topliss-reactive ketones (excluding diaryl/α,β-unsaturated/α-hetero) is 1. The van der Waals surface area contributed by atoms with E-state index < -0.39 is 0 Å². The van der Waals surface area contributed by atoms with Gasteiger partial charge in [0.25, 0.3) is 5.91 Å². The van der Waals surface area contributed by atoms with Gasteiger partial charge in [-0.3, -0.25) is 14.7 Å². The van der Waals surface area contributed by atoms with Crippen molar-refractivity contribution in [1.29, 1.82) is 0 Å². The second-order valence-electron chi connectivity index (χ2n) is 3.28. The second kappa shape index (κ2) is 4.01. The first kappa shape index (κ1) is 10.2. The standard InChI is InChI=1S/C10H10N4O2/c1-6(15)7-4-8(11-5-7)10(16)13-9-2-3-12-14-9/h2-5,11H,1H3,(H2,12,13,14,16). The maximum Gasteiger partial charge on any atom is 0.273 e. The molecular weight excluding hydrogens is 208 g/mol. The predicted octanol–water partition coefficient (Wildman–Crippen LogP) is 1.19. The Bertz CT molecular complexity index is 513. The van der Waals surface area contributed by atoms with Crippen molar-refractivity contribution in [3.63, 3.8) is 0 Å². The maximum atomic E-state index is 11.6. The fourth-order valence-electron chi connectivity index (χ4n) is 1.24. The molecule has 0 bridgehead atoms. The number of amides is 1. The van der Waals surface area contributed by atoms with Gasteiger partial charge in [0, 0.05) is 17.8 Å². The highest BCUT2D eigenvalue weighted by molar-refractivity contribution is 6.04. The number of nitrogens with one attached hydrogen (secondary N) is 3. The first-order chi connectivity index (χ1) is 7.66. The Morgan fingerprint density at radius 2 is 2.25 bits per heavy atom. The van der Waals surface area contributed by atoms with Gasteiger partial charge in [0.05, 0.1) is 6.20 Å². The maximum absolute atomic E-state index is 11.6. The van der Waals surface area contributed by atoms with E-state index in [-0.39, 0.29) is 11.7 Å². The topological polar surface area (TPSA) is 90.6 Å². The Kier molecular flexibility index (Phi) is 2.55. The van der Waals surface area contributed by atoms with Crippen LogP contribution < -0.4 is 5.32 Å². The molecule has 0 radical (unpaired) electrons. The van der Waals surface area contributed by atoms with Crippen LogP contribution in [0.3, 0.4) is 0 Å². The molecule has 0 aliphatic rings. The zero-order valence-corrected chi connectivity index (χ0v) is 8.57. The van der Waals surface area contributed by atoms with Crippen LogP contribution in [0.5, 0.6) is 0 Å². The van der Waals surface area contributed by atoms with Gasteiger partial charge in [-0.15, -0.1) is 0 Å². The highest BCUT2D eigenvalue weighted by Gasteiger charge is 2.10. The summed E-state index contributed by atoms with van der Waals surface area (Å²) in [6.45, 7) is 1.44. The van der Waals surface area contributed by atoms with Crippen molar-refractivity contribution in [2.45, 2.75) is 6.92 Å². The molecule has 0 fully saturated rings. The largest absolute Gasteiger partial charge is 0.356 e. The molecule has 6 nitrogen and oxygen atoms in total. The Labute approximate surface area is 91.1 Å². The minimum atomic E-state index is -0.322. The SMILES string of the molecule is CC(=O)c1c[nH]c(C(=O)Nc2ccn[nH]2)c1. The predicted molar refractivity (Wildman–Crippen MR) is 57.3 cm³/mol. The number of carbonyl (C=O) groups is 2. The number of aromatic nitrogens is 3. The first-order valence-corrected chi connectivity index (χ1v) is 4.67. The average molecular weight is 218 g/mol. The first-order valence-electron chi connectivity index (χ1n) is 4.67. The van der Waals surface area contributed by atoms with Gasteiger partial charge in [0.15, 0.2) is 5.78 Å². The van der Waals surface area contributed by atoms with Crippen molar-refractivity contribution in [2.75, 3.05) is 5.32 Å². The van der Waals surface area contributed by atoms with E-state index in [0.717, 1.165) is 0 Å². The molecule has 2 aromatic heterocycles. The highest BCUT2D eigenvalue weighted by atomic mass is 16.2. The van der Waals surface area contributed by atoms with Crippen molar-refractivity contribution in [1.82, 2.24) is 15.2 Å². The van der Waals surface area contributed by atoms with Gasteiger partial charge in [0.2, 0.25) is 0 Å². The zero-order valence-electron chi connectivity index (χ0n) is 8.57. The number of hydrogen-bond acceptors (Lipinski definition) is 3. The summed E-state index contributed by atoms with van der Waals surface area (Å²) in [5.74, 6) is 0.0950. The Morgan fingerprint density at radius 1 is 1.44 bits per heavy atom. The van der Waals surface area contributed by atoms with Crippen molar-refractivity contribution in [2.24, 2.45) is 0 Å². The van der Waals surface area contributed by atoms with Gasteiger partial charge >= 0.3 is 0 Å². The van der Waals surface area contributed by atoms with Gasteiger partial charge in [-0.1, -0.05) is 0 Å². The van der Waals surface area contributed by atoms with E-state index in [1.165, 1.54) is 25.4 Å². The van der Waals surface area contributed by atoms with E-state index in [2.05, 4.69) is 20.5 Å².